The quantitative estimate of drug-likeness (QED) is 0.715. The smallest absolute Gasteiger partial charge is 0.260 e. The number of benzene rings is 1. The van der Waals surface area contributed by atoms with Crippen molar-refractivity contribution in [2.45, 2.75) is 12.8 Å². The first-order valence-electron chi connectivity index (χ1n) is 7.26. The molecule has 0 spiro atoms. The topological polar surface area (TPSA) is 103 Å². The third kappa shape index (κ3) is 3.85. The van der Waals surface area contributed by atoms with Crippen LogP contribution in [-0.2, 0) is 11.2 Å². The Morgan fingerprint density at radius 2 is 2.00 bits per heavy atom. The van der Waals surface area contributed by atoms with Crippen molar-refractivity contribution in [3.8, 4) is 5.69 Å². The maximum absolute atomic E-state index is 12.0. The van der Waals surface area contributed by atoms with Crippen molar-refractivity contribution >= 4 is 28.3 Å². The molecule has 0 saturated heterocycles. The lowest BCUT2D eigenvalue weighted by molar-refractivity contribution is -0.116. The average Bonchev–Trinajstić information content (AvgIpc) is 3.23. The summed E-state index contributed by atoms with van der Waals surface area (Å²) in [6, 6.07) is 9.75. The highest BCUT2D eigenvalue weighted by Gasteiger charge is 2.10. The number of nitrogens with two attached hydrogens (primary N) is 1. The molecule has 2 heterocycles. The molecule has 0 saturated carbocycles. The molecule has 0 aliphatic heterocycles. The van der Waals surface area contributed by atoms with E-state index < -0.39 is 5.91 Å². The van der Waals surface area contributed by atoms with Gasteiger partial charge in [-0.05, 0) is 24.1 Å². The third-order valence-electron chi connectivity index (χ3n) is 3.29. The van der Waals surface area contributed by atoms with Crippen molar-refractivity contribution in [2.75, 3.05) is 5.32 Å². The molecule has 24 heavy (non-hydrogen) atoms. The molecule has 3 N–H and O–H groups in total. The summed E-state index contributed by atoms with van der Waals surface area (Å²) in [5.74, 6) is -0.728. The summed E-state index contributed by atoms with van der Waals surface area (Å²) in [6.45, 7) is 0. The normalized spacial score (nSPS) is 10.5. The molecule has 0 aliphatic carbocycles. The molecule has 0 bridgehead atoms. The van der Waals surface area contributed by atoms with E-state index in [4.69, 9.17) is 5.73 Å². The number of amides is 2. The standard InChI is InChI=1S/C16H15N5O2S/c17-15(23)13-9-18-16(24-13)20-14(22)7-6-11-8-19-21(10-11)12-4-2-1-3-5-12/h1-5,8-10H,6-7H2,(H2,17,23)(H,18,20,22). The Morgan fingerprint density at radius 3 is 2.71 bits per heavy atom. The zero-order valence-corrected chi connectivity index (χ0v) is 13.5. The summed E-state index contributed by atoms with van der Waals surface area (Å²) in [5, 5.41) is 7.32. The number of rotatable bonds is 6. The van der Waals surface area contributed by atoms with E-state index in [1.807, 2.05) is 36.5 Å². The van der Waals surface area contributed by atoms with Crippen LogP contribution in [0.1, 0.15) is 21.7 Å². The number of para-hydroxylation sites is 1. The van der Waals surface area contributed by atoms with E-state index in [1.165, 1.54) is 6.20 Å². The maximum Gasteiger partial charge on any atom is 0.260 e. The molecule has 0 fully saturated rings. The predicted octanol–water partition coefficient (Wildman–Crippen LogP) is 2.00. The number of nitrogens with one attached hydrogen (secondary N) is 1. The first-order valence-corrected chi connectivity index (χ1v) is 8.08. The van der Waals surface area contributed by atoms with Gasteiger partial charge in [0.05, 0.1) is 18.1 Å². The fraction of sp³-hybridized carbons (Fsp3) is 0.125. The van der Waals surface area contributed by atoms with Crippen molar-refractivity contribution in [3.63, 3.8) is 0 Å². The van der Waals surface area contributed by atoms with E-state index in [-0.39, 0.29) is 5.91 Å². The van der Waals surface area contributed by atoms with Crippen LogP contribution in [0, 0.1) is 0 Å². The van der Waals surface area contributed by atoms with Gasteiger partial charge in [-0.3, -0.25) is 9.59 Å². The van der Waals surface area contributed by atoms with Gasteiger partial charge in [-0.25, -0.2) is 9.67 Å². The summed E-state index contributed by atoms with van der Waals surface area (Å²) in [6.07, 6.45) is 5.86. The lowest BCUT2D eigenvalue weighted by Crippen LogP contribution is -2.12. The molecule has 0 atom stereocenters. The fourth-order valence-electron chi connectivity index (χ4n) is 2.10. The van der Waals surface area contributed by atoms with Gasteiger partial charge in [-0.1, -0.05) is 29.5 Å². The Labute approximate surface area is 142 Å². The van der Waals surface area contributed by atoms with Crippen molar-refractivity contribution < 1.29 is 9.59 Å². The van der Waals surface area contributed by atoms with E-state index >= 15 is 0 Å². The minimum atomic E-state index is -0.554. The lowest BCUT2D eigenvalue weighted by atomic mass is 10.2. The van der Waals surface area contributed by atoms with Crippen molar-refractivity contribution in [3.05, 3.63) is 59.4 Å². The number of hydrogen-bond acceptors (Lipinski definition) is 5. The number of nitrogens with zero attached hydrogens (tertiary/aromatic N) is 3. The molecule has 2 amide bonds. The molecule has 122 valence electrons. The number of anilines is 1. The molecule has 0 radical (unpaired) electrons. The van der Waals surface area contributed by atoms with Gasteiger partial charge in [0.15, 0.2) is 5.13 Å². The fourth-order valence-corrected chi connectivity index (χ4v) is 2.78. The molecule has 3 rings (SSSR count). The molecule has 7 nitrogen and oxygen atoms in total. The molecule has 0 aliphatic rings. The van der Waals surface area contributed by atoms with Crippen LogP contribution in [0.15, 0.2) is 48.9 Å². The molecule has 1 aromatic carbocycles. The van der Waals surface area contributed by atoms with Gasteiger partial charge in [-0.2, -0.15) is 5.10 Å². The third-order valence-corrected chi connectivity index (χ3v) is 4.22. The number of aromatic nitrogens is 3. The van der Waals surface area contributed by atoms with Gasteiger partial charge >= 0.3 is 0 Å². The largest absolute Gasteiger partial charge is 0.365 e. The first-order chi connectivity index (χ1) is 11.6. The molecular weight excluding hydrogens is 326 g/mol. The summed E-state index contributed by atoms with van der Waals surface area (Å²) < 4.78 is 1.77. The highest BCUT2D eigenvalue weighted by Crippen LogP contribution is 2.17. The number of aryl methyl sites for hydroxylation is 1. The van der Waals surface area contributed by atoms with Crippen molar-refractivity contribution in [2.24, 2.45) is 5.73 Å². The second kappa shape index (κ2) is 7.05. The Balaban J connectivity index is 1.54. The van der Waals surface area contributed by atoms with Crippen LogP contribution in [-0.4, -0.2) is 26.6 Å². The van der Waals surface area contributed by atoms with Crippen LogP contribution >= 0.6 is 11.3 Å². The summed E-state index contributed by atoms with van der Waals surface area (Å²) in [7, 11) is 0. The molecule has 8 heteroatoms. The second-order valence-electron chi connectivity index (χ2n) is 5.07. The van der Waals surface area contributed by atoms with Crippen LogP contribution in [0.5, 0.6) is 0 Å². The van der Waals surface area contributed by atoms with E-state index in [0.717, 1.165) is 22.6 Å². The number of thiazole rings is 1. The van der Waals surface area contributed by atoms with Crippen molar-refractivity contribution in [1.82, 2.24) is 14.8 Å². The lowest BCUT2D eigenvalue weighted by Gasteiger charge is -2.01. The van der Waals surface area contributed by atoms with E-state index in [9.17, 15) is 9.59 Å². The average molecular weight is 341 g/mol. The van der Waals surface area contributed by atoms with Gasteiger partial charge in [0.1, 0.15) is 4.88 Å². The number of carbonyl (C=O) groups excluding carboxylic acids is 2. The highest BCUT2D eigenvalue weighted by molar-refractivity contribution is 7.17. The zero-order valence-electron chi connectivity index (χ0n) is 12.7. The Bertz CT molecular complexity index is 856. The van der Waals surface area contributed by atoms with Crippen LogP contribution in [0.25, 0.3) is 5.69 Å². The minimum absolute atomic E-state index is 0.173. The molecule has 3 aromatic rings. The van der Waals surface area contributed by atoms with Crippen LogP contribution in [0.2, 0.25) is 0 Å². The van der Waals surface area contributed by atoms with E-state index in [2.05, 4.69) is 15.4 Å². The van der Waals surface area contributed by atoms with Gasteiger partial charge in [0, 0.05) is 12.6 Å². The molecule has 2 aromatic heterocycles. The van der Waals surface area contributed by atoms with Crippen LogP contribution in [0.3, 0.4) is 0 Å². The SMILES string of the molecule is NC(=O)c1cnc(NC(=O)CCc2cnn(-c3ccccc3)c2)s1. The van der Waals surface area contributed by atoms with Gasteiger partial charge in [0.2, 0.25) is 5.91 Å². The van der Waals surface area contributed by atoms with Gasteiger partial charge < -0.3 is 11.1 Å². The van der Waals surface area contributed by atoms with E-state index in [0.29, 0.717) is 22.9 Å². The first kappa shape index (κ1) is 15.9. The zero-order chi connectivity index (χ0) is 16.9. The number of carbonyl (C=O) groups is 2. The monoisotopic (exact) mass is 341 g/mol. The van der Waals surface area contributed by atoms with Gasteiger partial charge in [-0.15, -0.1) is 0 Å². The second-order valence-corrected chi connectivity index (χ2v) is 6.10. The minimum Gasteiger partial charge on any atom is -0.365 e. The van der Waals surface area contributed by atoms with Gasteiger partial charge in [0.25, 0.3) is 5.91 Å². The number of hydrogen-bond donors (Lipinski definition) is 2. The summed E-state index contributed by atoms with van der Waals surface area (Å²) in [5.41, 5.74) is 7.08. The van der Waals surface area contributed by atoms with Crippen molar-refractivity contribution in [1.29, 1.82) is 0 Å². The Kier molecular flexibility index (Phi) is 4.66. The maximum atomic E-state index is 12.0. The summed E-state index contributed by atoms with van der Waals surface area (Å²) >= 11 is 1.06. The Morgan fingerprint density at radius 1 is 1.21 bits per heavy atom. The molecule has 0 unspecified atom stereocenters. The number of primary amides is 1. The predicted molar refractivity (Wildman–Crippen MR) is 91.1 cm³/mol. The van der Waals surface area contributed by atoms with Crippen LogP contribution in [0.4, 0.5) is 5.13 Å². The molecular formula is C16H15N5O2S. The van der Waals surface area contributed by atoms with Crippen LogP contribution < -0.4 is 11.1 Å². The Hall–Kier alpha value is -3.00. The van der Waals surface area contributed by atoms with E-state index in [1.54, 1.807) is 10.9 Å². The highest BCUT2D eigenvalue weighted by atomic mass is 32.1. The summed E-state index contributed by atoms with van der Waals surface area (Å²) in [4.78, 5) is 27.2.